The van der Waals surface area contributed by atoms with E-state index in [2.05, 4.69) is 10.3 Å². The van der Waals surface area contributed by atoms with Crippen LogP contribution < -0.4 is 16.0 Å². The average Bonchev–Trinajstić information content (AvgIpc) is 2.38. The van der Waals surface area contributed by atoms with Crippen molar-refractivity contribution >= 4 is 34.3 Å². The average molecular weight is 256 g/mol. The molecule has 96 valence electrons. The maximum absolute atomic E-state index is 11.8. The Balaban J connectivity index is 2.06. The Hall–Kier alpha value is -2.63. The van der Waals surface area contributed by atoms with Crippen LogP contribution in [-0.2, 0) is 4.79 Å². The minimum atomic E-state index is -0.460. The highest BCUT2D eigenvalue weighted by molar-refractivity contribution is 6.06. The van der Waals surface area contributed by atoms with E-state index in [-0.39, 0.29) is 12.3 Å². The molecule has 1 fully saturated rings. The van der Waals surface area contributed by atoms with Crippen molar-refractivity contribution in [2.24, 2.45) is 0 Å². The minimum absolute atomic E-state index is 0.264. The maximum atomic E-state index is 11.8. The van der Waals surface area contributed by atoms with E-state index in [4.69, 9.17) is 5.73 Å². The summed E-state index contributed by atoms with van der Waals surface area (Å²) >= 11 is 0. The predicted octanol–water partition coefficient (Wildman–Crippen LogP) is 1.26. The molecule has 2 aromatic rings. The number of urea groups is 1. The van der Waals surface area contributed by atoms with E-state index >= 15 is 0 Å². The number of carbonyl (C=O) groups excluding carboxylic acids is 2. The van der Waals surface area contributed by atoms with E-state index in [0.717, 1.165) is 10.9 Å². The number of anilines is 2. The standard InChI is InChI=1S/C13H12N4O2/c14-9-7-11(15-10-4-2-1-3-8(9)10)17-6-5-12(18)16-13(17)19/h1-4,7H,5-6H2,(H2,14,15)(H,16,18,19). The topological polar surface area (TPSA) is 88.3 Å². The number of imide groups is 1. The molecular formula is C13H12N4O2. The summed E-state index contributed by atoms with van der Waals surface area (Å²) in [5, 5.41) is 3.11. The van der Waals surface area contributed by atoms with Gasteiger partial charge in [-0.3, -0.25) is 15.0 Å². The summed E-state index contributed by atoms with van der Waals surface area (Å²) in [6, 6.07) is 8.64. The van der Waals surface area contributed by atoms with Crippen molar-refractivity contribution in [3.8, 4) is 0 Å². The molecule has 0 aliphatic carbocycles. The molecule has 1 aromatic carbocycles. The van der Waals surface area contributed by atoms with Gasteiger partial charge in [0, 0.05) is 30.1 Å². The van der Waals surface area contributed by atoms with Crippen molar-refractivity contribution in [3.63, 3.8) is 0 Å². The number of amides is 3. The number of nitrogens with one attached hydrogen (secondary N) is 1. The van der Waals surface area contributed by atoms with E-state index in [1.165, 1.54) is 4.90 Å². The fraction of sp³-hybridized carbons (Fsp3) is 0.154. The Morgan fingerprint density at radius 1 is 1.26 bits per heavy atom. The maximum Gasteiger partial charge on any atom is 0.329 e. The third-order valence-corrected chi connectivity index (χ3v) is 3.07. The van der Waals surface area contributed by atoms with E-state index in [9.17, 15) is 9.59 Å². The van der Waals surface area contributed by atoms with Gasteiger partial charge < -0.3 is 5.73 Å². The second-order valence-electron chi connectivity index (χ2n) is 4.34. The number of rotatable bonds is 1. The molecule has 0 saturated carbocycles. The summed E-state index contributed by atoms with van der Waals surface area (Å²) in [6.07, 6.45) is 0.264. The molecule has 1 aromatic heterocycles. The van der Waals surface area contributed by atoms with Crippen molar-refractivity contribution in [3.05, 3.63) is 30.3 Å². The highest BCUT2D eigenvalue weighted by Crippen LogP contribution is 2.25. The fourth-order valence-electron chi connectivity index (χ4n) is 2.11. The molecule has 0 unspecified atom stereocenters. The largest absolute Gasteiger partial charge is 0.398 e. The highest BCUT2D eigenvalue weighted by Gasteiger charge is 2.25. The van der Waals surface area contributed by atoms with Crippen LogP contribution in [0.4, 0.5) is 16.3 Å². The lowest BCUT2D eigenvalue weighted by atomic mass is 10.2. The molecular weight excluding hydrogens is 244 g/mol. The second kappa shape index (κ2) is 4.24. The molecule has 0 radical (unpaired) electrons. The SMILES string of the molecule is Nc1cc(N2CCC(=O)NC2=O)nc2ccccc12. The second-order valence-corrected chi connectivity index (χ2v) is 4.34. The van der Waals surface area contributed by atoms with Gasteiger partial charge in [-0.1, -0.05) is 18.2 Å². The molecule has 3 amide bonds. The van der Waals surface area contributed by atoms with Crippen LogP contribution in [0, 0.1) is 0 Å². The van der Waals surface area contributed by atoms with Gasteiger partial charge in [-0.25, -0.2) is 9.78 Å². The van der Waals surface area contributed by atoms with Crippen LogP contribution in [-0.4, -0.2) is 23.5 Å². The molecule has 0 bridgehead atoms. The highest BCUT2D eigenvalue weighted by atomic mass is 16.2. The van der Waals surface area contributed by atoms with Crippen LogP contribution in [0.1, 0.15) is 6.42 Å². The molecule has 1 saturated heterocycles. The number of pyridine rings is 1. The van der Waals surface area contributed by atoms with Crippen molar-refractivity contribution < 1.29 is 9.59 Å². The molecule has 3 N–H and O–H groups in total. The van der Waals surface area contributed by atoms with E-state index in [1.807, 2.05) is 24.3 Å². The van der Waals surface area contributed by atoms with Gasteiger partial charge in [0.05, 0.1) is 5.52 Å². The lowest BCUT2D eigenvalue weighted by molar-refractivity contribution is -0.120. The van der Waals surface area contributed by atoms with Crippen LogP contribution in [0.15, 0.2) is 30.3 Å². The summed E-state index contributed by atoms with van der Waals surface area (Å²) < 4.78 is 0. The van der Waals surface area contributed by atoms with Crippen molar-refractivity contribution in [1.29, 1.82) is 0 Å². The van der Waals surface area contributed by atoms with Crippen LogP contribution in [0.5, 0.6) is 0 Å². The van der Waals surface area contributed by atoms with E-state index in [1.54, 1.807) is 6.07 Å². The van der Waals surface area contributed by atoms with Crippen molar-refractivity contribution in [2.75, 3.05) is 17.2 Å². The molecule has 0 atom stereocenters. The fourth-order valence-corrected chi connectivity index (χ4v) is 2.11. The normalized spacial score (nSPS) is 15.7. The first-order valence-electron chi connectivity index (χ1n) is 5.92. The Labute approximate surface area is 109 Å². The summed E-state index contributed by atoms with van der Waals surface area (Å²) in [4.78, 5) is 28.7. The van der Waals surface area contributed by atoms with Gasteiger partial charge in [-0.05, 0) is 6.07 Å². The zero-order valence-corrected chi connectivity index (χ0v) is 10.1. The number of benzene rings is 1. The Kier molecular flexibility index (Phi) is 2.56. The summed E-state index contributed by atoms with van der Waals surface area (Å²) in [6.45, 7) is 0.315. The van der Waals surface area contributed by atoms with Gasteiger partial charge in [0.1, 0.15) is 5.82 Å². The predicted molar refractivity (Wildman–Crippen MR) is 71.7 cm³/mol. The van der Waals surface area contributed by atoms with Crippen molar-refractivity contribution in [2.45, 2.75) is 6.42 Å². The Morgan fingerprint density at radius 2 is 2.05 bits per heavy atom. The third-order valence-electron chi connectivity index (χ3n) is 3.07. The summed E-state index contributed by atoms with van der Waals surface area (Å²) in [5.41, 5.74) is 7.26. The quantitative estimate of drug-likeness (QED) is 0.804. The zero-order chi connectivity index (χ0) is 13.4. The molecule has 6 nitrogen and oxygen atoms in total. The van der Waals surface area contributed by atoms with Gasteiger partial charge in [0.15, 0.2) is 0 Å². The van der Waals surface area contributed by atoms with Gasteiger partial charge in [-0.2, -0.15) is 0 Å². The number of nitrogens with zero attached hydrogens (tertiary/aromatic N) is 2. The molecule has 3 rings (SSSR count). The van der Waals surface area contributed by atoms with E-state index in [0.29, 0.717) is 18.1 Å². The smallest absolute Gasteiger partial charge is 0.329 e. The zero-order valence-electron chi connectivity index (χ0n) is 10.1. The number of hydrogen-bond acceptors (Lipinski definition) is 4. The number of para-hydroxylation sites is 1. The minimum Gasteiger partial charge on any atom is -0.398 e. The van der Waals surface area contributed by atoms with Gasteiger partial charge in [0.2, 0.25) is 5.91 Å². The number of carbonyl (C=O) groups is 2. The van der Waals surface area contributed by atoms with Crippen LogP contribution in [0.25, 0.3) is 10.9 Å². The third kappa shape index (κ3) is 1.97. The van der Waals surface area contributed by atoms with E-state index < -0.39 is 6.03 Å². The number of aromatic nitrogens is 1. The first-order valence-corrected chi connectivity index (χ1v) is 5.92. The van der Waals surface area contributed by atoms with Crippen LogP contribution in [0.3, 0.4) is 0 Å². The molecule has 0 spiro atoms. The number of hydrogen-bond donors (Lipinski definition) is 2. The number of nitrogens with two attached hydrogens (primary N) is 1. The Bertz CT molecular complexity index is 683. The van der Waals surface area contributed by atoms with Crippen LogP contribution in [0.2, 0.25) is 0 Å². The number of fused-ring (bicyclic) bond motifs is 1. The van der Waals surface area contributed by atoms with Crippen LogP contribution >= 0.6 is 0 Å². The summed E-state index contributed by atoms with van der Waals surface area (Å²) in [5.74, 6) is 0.191. The van der Waals surface area contributed by atoms with Crippen molar-refractivity contribution in [1.82, 2.24) is 10.3 Å². The number of nitrogen functional groups attached to an aromatic ring is 1. The molecule has 1 aliphatic heterocycles. The molecule has 1 aliphatic rings. The lowest BCUT2D eigenvalue weighted by Crippen LogP contribution is -2.49. The van der Waals surface area contributed by atoms with Gasteiger partial charge >= 0.3 is 6.03 Å². The lowest BCUT2D eigenvalue weighted by Gasteiger charge is -2.26. The molecule has 19 heavy (non-hydrogen) atoms. The molecule has 6 heteroatoms. The first-order chi connectivity index (χ1) is 9.15. The Morgan fingerprint density at radius 3 is 2.84 bits per heavy atom. The van der Waals surface area contributed by atoms with Gasteiger partial charge in [-0.15, -0.1) is 0 Å². The monoisotopic (exact) mass is 256 g/mol. The summed E-state index contributed by atoms with van der Waals surface area (Å²) in [7, 11) is 0. The molecule has 2 heterocycles. The first kappa shape index (κ1) is 11.5. The van der Waals surface area contributed by atoms with Gasteiger partial charge in [0.25, 0.3) is 0 Å².